The van der Waals surface area contributed by atoms with Crippen LogP contribution < -0.4 is 10.3 Å². The summed E-state index contributed by atoms with van der Waals surface area (Å²) in [7, 11) is 0. The van der Waals surface area contributed by atoms with Crippen LogP contribution in [0.1, 0.15) is 15.9 Å². The number of anilines is 1. The van der Waals surface area contributed by atoms with Gasteiger partial charge in [0.2, 0.25) is 0 Å². The van der Waals surface area contributed by atoms with Crippen molar-refractivity contribution in [3.63, 3.8) is 0 Å². The van der Waals surface area contributed by atoms with Gasteiger partial charge in [0.05, 0.1) is 6.21 Å². The van der Waals surface area contributed by atoms with E-state index in [2.05, 4.69) is 5.10 Å². The van der Waals surface area contributed by atoms with Gasteiger partial charge < -0.3 is 0 Å². The van der Waals surface area contributed by atoms with Crippen LogP contribution in [0.3, 0.4) is 0 Å². The van der Waals surface area contributed by atoms with Gasteiger partial charge in [-0.25, -0.2) is 4.57 Å². The van der Waals surface area contributed by atoms with Crippen molar-refractivity contribution < 1.29 is 9.36 Å². The lowest BCUT2D eigenvalue weighted by atomic mass is 10.1. The molecular formula is C24H21N4O+. The molecule has 0 aliphatic heterocycles. The van der Waals surface area contributed by atoms with E-state index in [1.165, 1.54) is 0 Å². The maximum Gasteiger partial charge on any atom is 0.380 e. The molecule has 0 radical (unpaired) electrons. The van der Waals surface area contributed by atoms with E-state index >= 15 is 0 Å². The maximum atomic E-state index is 12.8. The van der Waals surface area contributed by atoms with Crippen LogP contribution in [0.4, 0.5) is 5.95 Å². The lowest BCUT2D eigenvalue weighted by molar-refractivity contribution is -0.657. The molecular weight excluding hydrogens is 360 g/mol. The zero-order valence-corrected chi connectivity index (χ0v) is 15.8. The molecule has 4 aromatic rings. The lowest BCUT2D eigenvalue weighted by Crippen LogP contribution is -2.41. The Labute approximate surface area is 169 Å². The van der Waals surface area contributed by atoms with E-state index in [0.717, 1.165) is 16.8 Å². The summed E-state index contributed by atoms with van der Waals surface area (Å²) in [5, 5.41) is 4.50. The number of carbonyl (C=O) groups excluding carboxylic acids is 1. The fraction of sp³-hybridized carbons (Fsp3) is 0.0417. The number of nitrogens with two attached hydrogens (primary N) is 1. The van der Waals surface area contributed by atoms with Gasteiger partial charge in [-0.1, -0.05) is 91.0 Å². The number of aromatic nitrogens is 2. The first kappa shape index (κ1) is 18.4. The summed E-state index contributed by atoms with van der Waals surface area (Å²) in [5.74, 6) is 0.379. The number of nitrogens with zero attached hydrogens (tertiary/aromatic N) is 3. The van der Waals surface area contributed by atoms with E-state index in [0.29, 0.717) is 11.5 Å². The lowest BCUT2D eigenvalue weighted by Gasteiger charge is -2.04. The molecule has 0 spiro atoms. The van der Waals surface area contributed by atoms with Gasteiger partial charge in [-0.2, -0.15) is 0 Å². The van der Waals surface area contributed by atoms with E-state index in [-0.39, 0.29) is 12.3 Å². The van der Waals surface area contributed by atoms with Crippen LogP contribution in [-0.2, 0) is 6.54 Å². The number of hydrogen-bond donors (Lipinski definition) is 1. The quantitative estimate of drug-likeness (QED) is 0.314. The first-order chi connectivity index (χ1) is 14.2. The van der Waals surface area contributed by atoms with Crippen molar-refractivity contribution in [1.82, 2.24) is 4.68 Å². The molecule has 0 aliphatic rings. The van der Waals surface area contributed by atoms with Gasteiger partial charge in [-0.15, -0.1) is 9.78 Å². The number of carbonyl (C=O) groups is 1. The summed E-state index contributed by atoms with van der Waals surface area (Å²) in [5.41, 5.74) is 9.81. The number of imidazole rings is 1. The minimum Gasteiger partial charge on any atom is -0.291 e. The normalized spacial score (nSPS) is 11.0. The summed E-state index contributed by atoms with van der Waals surface area (Å²) in [4.78, 5) is 12.8. The molecule has 0 fully saturated rings. The first-order valence-electron chi connectivity index (χ1n) is 9.36. The molecule has 142 valence electrons. The van der Waals surface area contributed by atoms with Crippen molar-refractivity contribution in [3.8, 4) is 11.3 Å². The molecule has 1 aromatic heterocycles. The fourth-order valence-electron chi connectivity index (χ4n) is 3.12. The molecule has 1 heterocycles. The van der Waals surface area contributed by atoms with Crippen molar-refractivity contribution in [2.75, 3.05) is 5.73 Å². The Balaban J connectivity index is 1.73. The summed E-state index contributed by atoms with van der Waals surface area (Å²) in [6.45, 7) is 0.133. The smallest absolute Gasteiger partial charge is 0.291 e. The van der Waals surface area contributed by atoms with Crippen molar-refractivity contribution in [2.45, 2.75) is 6.54 Å². The summed E-state index contributed by atoms with van der Waals surface area (Å²) >= 11 is 0. The van der Waals surface area contributed by atoms with Gasteiger partial charge in [0.1, 0.15) is 18.4 Å². The maximum absolute atomic E-state index is 12.8. The van der Waals surface area contributed by atoms with Gasteiger partial charge in [0, 0.05) is 11.1 Å². The molecule has 0 amide bonds. The van der Waals surface area contributed by atoms with Gasteiger partial charge in [-0.3, -0.25) is 10.5 Å². The third-order valence-corrected chi connectivity index (χ3v) is 4.64. The highest BCUT2D eigenvalue weighted by molar-refractivity contribution is 5.95. The van der Waals surface area contributed by atoms with Crippen LogP contribution >= 0.6 is 0 Å². The average molecular weight is 381 g/mol. The second kappa shape index (κ2) is 8.35. The minimum atomic E-state index is -0.00994. The molecule has 0 atom stereocenters. The highest BCUT2D eigenvalue weighted by Crippen LogP contribution is 2.18. The van der Waals surface area contributed by atoms with Crippen LogP contribution in [-0.4, -0.2) is 16.7 Å². The summed E-state index contributed by atoms with van der Waals surface area (Å²) in [6, 6.07) is 28.9. The third kappa shape index (κ3) is 4.14. The van der Waals surface area contributed by atoms with Crippen LogP contribution in [0.25, 0.3) is 11.3 Å². The highest BCUT2D eigenvalue weighted by Gasteiger charge is 2.23. The molecule has 4 rings (SSSR count). The second-order valence-electron chi connectivity index (χ2n) is 6.61. The zero-order valence-electron chi connectivity index (χ0n) is 15.8. The second-order valence-corrected chi connectivity index (χ2v) is 6.61. The molecule has 0 bridgehead atoms. The minimum absolute atomic E-state index is 0.00994. The Kier molecular flexibility index (Phi) is 5.29. The molecule has 0 aliphatic carbocycles. The molecule has 0 saturated carbocycles. The molecule has 2 N–H and O–H groups in total. The largest absolute Gasteiger partial charge is 0.380 e. The number of rotatable bonds is 6. The number of nitrogen functional groups attached to an aromatic ring is 1. The topological polar surface area (TPSA) is 64.3 Å². The fourth-order valence-corrected chi connectivity index (χ4v) is 3.12. The van der Waals surface area contributed by atoms with Crippen molar-refractivity contribution in [1.29, 1.82) is 0 Å². The van der Waals surface area contributed by atoms with Crippen molar-refractivity contribution in [2.24, 2.45) is 5.10 Å². The van der Waals surface area contributed by atoms with E-state index in [9.17, 15) is 4.79 Å². The van der Waals surface area contributed by atoms with E-state index in [1.54, 1.807) is 15.5 Å². The highest BCUT2D eigenvalue weighted by atomic mass is 16.1. The monoisotopic (exact) mass is 381 g/mol. The van der Waals surface area contributed by atoms with Gasteiger partial charge in [0.25, 0.3) is 0 Å². The third-order valence-electron chi connectivity index (χ3n) is 4.64. The standard InChI is InChI=1S/C24H20N4O/c25-24-27(18-23(29)21-14-8-3-9-15-21)22(20-12-6-2-7-13-20)17-28(24)26-16-19-10-4-1-5-11-19/h1-17,25H,18H2/p+1/b26-16+. The van der Waals surface area contributed by atoms with Gasteiger partial charge in [-0.05, 0) is 5.56 Å². The molecule has 5 heteroatoms. The first-order valence-corrected chi connectivity index (χ1v) is 9.36. The number of hydrogen-bond acceptors (Lipinski definition) is 3. The average Bonchev–Trinajstić information content (AvgIpc) is 3.09. The Morgan fingerprint density at radius 1 is 0.897 bits per heavy atom. The predicted octanol–water partition coefficient (Wildman–Crippen LogP) is 3.79. The Hall–Kier alpha value is -3.99. The van der Waals surface area contributed by atoms with E-state index in [1.807, 2.05) is 97.2 Å². The SMILES string of the molecule is Nc1n(/N=C/c2ccccc2)cc(-c2ccccc2)[n+]1CC(=O)c1ccccc1. The van der Waals surface area contributed by atoms with Crippen LogP contribution in [0.5, 0.6) is 0 Å². The van der Waals surface area contributed by atoms with Crippen molar-refractivity contribution in [3.05, 3.63) is 108 Å². The molecule has 5 nitrogen and oxygen atoms in total. The Morgan fingerprint density at radius 2 is 1.48 bits per heavy atom. The van der Waals surface area contributed by atoms with Crippen LogP contribution in [0.15, 0.2) is 102 Å². The van der Waals surface area contributed by atoms with E-state index < -0.39 is 0 Å². The molecule has 3 aromatic carbocycles. The molecule has 29 heavy (non-hydrogen) atoms. The summed E-state index contributed by atoms with van der Waals surface area (Å²) < 4.78 is 3.40. The Bertz CT molecular complexity index is 1130. The number of Topliss-reactive ketones (excluding diaryl/α,β-unsaturated/α-hetero) is 1. The molecule has 0 unspecified atom stereocenters. The summed E-state index contributed by atoms with van der Waals surface area (Å²) in [6.07, 6.45) is 3.59. The van der Waals surface area contributed by atoms with Gasteiger partial charge in [0.15, 0.2) is 5.78 Å². The van der Waals surface area contributed by atoms with Crippen LogP contribution in [0, 0.1) is 0 Å². The van der Waals surface area contributed by atoms with Crippen molar-refractivity contribution >= 4 is 17.9 Å². The van der Waals surface area contributed by atoms with Gasteiger partial charge >= 0.3 is 5.95 Å². The Morgan fingerprint density at radius 3 is 2.14 bits per heavy atom. The predicted molar refractivity (Wildman–Crippen MR) is 115 cm³/mol. The number of ketones is 1. The molecule has 0 saturated heterocycles. The zero-order chi connectivity index (χ0) is 20.1. The van der Waals surface area contributed by atoms with E-state index in [4.69, 9.17) is 5.73 Å². The van der Waals surface area contributed by atoms with Crippen LogP contribution in [0.2, 0.25) is 0 Å². The number of benzene rings is 3.